The molecule has 1 heterocycles. The molecule has 1 aliphatic rings. The Morgan fingerprint density at radius 1 is 1.35 bits per heavy atom. The third kappa shape index (κ3) is 5.58. The Hall–Kier alpha value is -0.950. The molecular formula is C14H20BrN3O2. The van der Waals surface area contributed by atoms with Crippen molar-refractivity contribution in [1.29, 1.82) is 0 Å². The molecule has 0 saturated carbocycles. The summed E-state index contributed by atoms with van der Waals surface area (Å²) in [4.78, 5) is 14.1. The molecule has 0 aliphatic carbocycles. The third-order valence-electron chi connectivity index (χ3n) is 3.10. The number of nitrogens with one attached hydrogen (secondary N) is 2. The van der Waals surface area contributed by atoms with Crippen LogP contribution in [0.2, 0.25) is 0 Å². The number of rotatable bonds is 6. The van der Waals surface area contributed by atoms with Crippen molar-refractivity contribution in [2.24, 2.45) is 0 Å². The summed E-state index contributed by atoms with van der Waals surface area (Å²) in [6.45, 7) is 5.67. The first kappa shape index (κ1) is 15.4. The van der Waals surface area contributed by atoms with Crippen molar-refractivity contribution >= 4 is 27.5 Å². The molecule has 1 aromatic rings. The summed E-state index contributed by atoms with van der Waals surface area (Å²) in [7, 11) is 0. The summed E-state index contributed by atoms with van der Waals surface area (Å²) in [5, 5.41) is 6.02. The van der Waals surface area contributed by atoms with Crippen molar-refractivity contribution < 1.29 is 9.53 Å². The molecule has 0 bridgehead atoms. The van der Waals surface area contributed by atoms with Gasteiger partial charge in [0.2, 0.25) is 5.91 Å². The van der Waals surface area contributed by atoms with Crippen LogP contribution >= 0.6 is 15.9 Å². The van der Waals surface area contributed by atoms with E-state index in [0.717, 1.165) is 49.6 Å². The van der Waals surface area contributed by atoms with E-state index in [1.807, 2.05) is 24.3 Å². The minimum Gasteiger partial charge on any atom is -0.379 e. The van der Waals surface area contributed by atoms with Gasteiger partial charge in [-0.3, -0.25) is 9.69 Å². The van der Waals surface area contributed by atoms with Gasteiger partial charge in [-0.15, -0.1) is 0 Å². The Balaban J connectivity index is 1.60. The first-order valence-corrected chi connectivity index (χ1v) is 7.59. The SMILES string of the molecule is O=C(CNCCN1CCOCC1)Nc1cccc(Br)c1. The van der Waals surface area contributed by atoms with E-state index in [9.17, 15) is 4.79 Å². The number of carbonyl (C=O) groups is 1. The molecule has 1 amide bonds. The number of nitrogens with zero attached hydrogens (tertiary/aromatic N) is 1. The van der Waals surface area contributed by atoms with E-state index in [0.29, 0.717) is 6.54 Å². The van der Waals surface area contributed by atoms with Gasteiger partial charge in [-0.1, -0.05) is 22.0 Å². The minimum absolute atomic E-state index is 0.0231. The molecule has 0 atom stereocenters. The maximum atomic E-state index is 11.8. The molecule has 1 fully saturated rings. The Morgan fingerprint density at radius 2 is 2.15 bits per heavy atom. The first-order valence-electron chi connectivity index (χ1n) is 6.80. The van der Waals surface area contributed by atoms with E-state index in [1.165, 1.54) is 0 Å². The number of benzene rings is 1. The van der Waals surface area contributed by atoms with Gasteiger partial charge in [-0.05, 0) is 18.2 Å². The predicted molar refractivity (Wildman–Crippen MR) is 82.9 cm³/mol. The van der Waals surface area contributed by atoms with Gasteiger partial charge in [0.05, 0.1) is 19.8 Å². The van der Waals surface area contributed by atoms with Gasteiger partial charge in [0.25, 0.3) is 0 Å². The van der Waals surface area contributed by atoms with Gasteiger partial charge in [-0.2, -0.15) is 0 Å². The number of hydrogen-bond donors (Lipinski definition) is 2. The average Bonchev–Trinajstić information content (AvgIpc) is 2.45. The number of ether oxygens (including phenoxy) is 1. The van der Waals surface area contributed by atoms with Gasteiger partial charge in [0.1, 0.15) is 0 Å². The van der Waals surface area contributed by atoms with E-state index in [2.05, 4.69) is 31.5 Å². The molecule has 1 saturated heterocycles. The normalized spacial score (nSPS) is 16.1. The molecule has 110 valence electrons. The highest BCUT2D eigenvalue weighted by Gasteiger charge is 2.09. The molecule has 0 unspecified atom stereocenters. The summed E-state index contributed by atoms with van der Waals surface area (Å²) in [5.41, 5.74) is 0.805. The molecule has 2 N–H and O–H groups in total. The number of amides is 1. The summed E-state index contributed by atoms with van der Waals surface area (Å²) < 4.78 is 6.24. The molecule has 2 rings (SSSR count). The highest BCUT2D eigenvalue weighted by atomic mass is 79.9. The third-order valence-corrected chi connectivity index (χ3v) is 3.60. The van der Waals surface area contributed by atoms with Crippen LogP contribution in [0.1, 0.15) is 0 Å². The lowest BCUT2D eigenvalue weighted by Gasteiger charge is -2.26. The first-order chi connectivity index (χ1) is 9.74. The van der Waals surface area contributed by atoms with E-state index >= 15 is 0 Å². The standard InChI is InChI=1S/C14H20BrN3O2/c15-12-2-1-3-13(10-12)17-14(19)11-16-4-5-18-6-8-20-9-7-18/h1-3,10,16H,4-9,11H2,(H,17,19). The fourth-order valence-corrected chi connectivity index (χ4v) is 2.43. The van der Waals surface area contributed by atoms with Crippen LogP contribution in [0.25, 0.3) is 0 Å². The molecule has 6 heteroatoms. The number of carbonyl (C=O) groups excluding carboxylic acids is 1. The van der Waals surface area contributed by atoms with Crippen molar-refractivity contribution in [3.05, 3.63) is 28.7 Å². The quantitative estimate of drug-likeness (QED) is 0.766. The highest BCUT2D eigenvalue weighted by molar-refractivity contribution is 9.10. The van der Waals surface area contributed by atoms with E-state index < -0.39 is 0 Å². The predicted octanol–water partition coefficient (Wildman–Crippen LogP) is 1.31. The van der Waals surface area contributed by atoms with Crippen LogP contribution in [0.4, 0.5) is 5.69 Å². The largest absolute Gasteiger partial charge is 0.379 e. The van der Waals surface area contributed by atoms with Crippen LogP contribution in [0.15, 0.2) is 28.7 Å². The number of morpholine rings is 1. The van der Waals surface area contributed by atoms with E-state index in [1.54, 1.807) is 0 Å². The fourth-order valence-electron chi connectivity index (χ4n) is 2.04. The van der Waals surface area contributed by atoms with Crippen LogP contribution in [-0.2, 0) is 9.53 Å². The molecule has 20 heavy (non-hydrogen) atoms. The minimum atomic E-state index is -0.0231. The second-order valence-electron chi connectivity index (χ2n) is 4.69. The Labute approximate surface area is 127 Å². The maximum Gasteiger partial charge on any atom is 0.238 e. The zero-order valence-corrected chi connectivity index (χ0v) is 13.0. The van der Waals surface area contributed by atoms with Crippen molar-refractivity contribution in [3.8, 4) is 0 Å². The van der Waals surface area contributed by atoms with Crippen LogP contribution in [-0.4, -0.2) is 56.7 Å². The van der Waals surface area contributed by atoms with Gasteiger partial charge >= 0.3 is 0 Å². The zero-order valence-electron chi connectivity index (χ0n) is 11.4. The fraction of sp³-hybridized carbons (Fsp3) is 0.500. The number of anilines is 1. The van der Waals surface area contributed by atoms with Gasteiger partial charge in [0, 0.05) is 36.3 Å². The Bertz CT molecular complexity index is 436. The number of halogens is 1. The zero-order chi connectivity index (χ0) is 14.2. The summed E-state index contributed by atoms with van der Waals surface area (Å²) in [6.07, 6.45) is 0. The van der Waals surface area contributed by atoms with Crippen LogP contribution in [0.3, 0.4) is 0 Å². The highest BCUT2D eigenvalue weighted by Crippen LogP contribution is 2.15. The Morgan fingerprint density at radius 3 is 2.90 bits per heavy atom. The lowest BCUT2D eigenvalue weighted by molar-refractivity contribution is -0.115. The van der Waals surface area contributed by atoms with Gasteiger partial charge < -0.3 is 15.4 Å². The van der Waals surface area contributed by atoms with E-state index in [4.69, 9.17) is 4.74 Å². The molecule has 0 radical (unpaired) electrons. The van der Waals surface area contributed by atoms with Crippen molar-refractivity contribution in [2.45, 2.75) is 0 Å². The number of hydrogen-bond acceptors (Lipinski definition) is 4. The lowest BCUT2D eigenvalue weighted by atomic mass is 10.3. The Kier molecular flexibility index (Phi) is 6.46. The second kappa shape index (κ2) is 8.36. The van der Waals surface area contributed by atoms with Gasteiger partial charge in [-0.25, -0.2) is 0 Å². The van der Waals surface area contributed by atoms with Crippen LogP contribution in [0.5, 0.6) is 0 Å². The van der Waals surface area contributed by atoms with E-state index in [-0.39, 0.29) is 5.91 Å². The van der Waals surface area contributed by atoms with Crippen LogP contribution < -0.4 is 10.6 Å². The molecule has 5 nitrogen and oxygen atoms in total. The molecule has 1 aliphatic heterocycles. The average molecular weight is 342 g/mol. The maximum absolute atomic E-state index is 11.8. The second-order valence-corrected chi connectivity index (χ2v) is 5.60. The summed E-state index contributed by atoms with van der Waals surface area (Å²) >= 11 is 3.38. The van der Waals surface area contributed by atoms with Crippen LogP contribution in [0, 0.1) is 0 Å². The van der Waals surface area contributed by atoms with Gasteiger partial charge in [0.15, 0.2) is 0 Å². The molecule has 0 aromatic heterocycles. The molecule has 1 aromatic carbocycles. The summed E-state index contributed by atoms with van der Waals surface area (Å²) in [6, 6.07) is 7.57. The summed E-state index contributed by atoms with van der Waals surface area (Å²) in [5.74, 6) is -0.0231. The van der Waals surface area contributed by atoms with Crippen molar-refractivity contribution in [1.82, 2.24) is 10.2 Å². The molecular weight excluding hydrogens is 322 g/mol. The van der Waals surface area contributed by atoms with Crippen molar-refractivity contribution in [2.75, 3.05) is 51.3 Å². The van der Waals surface area contributed by atoms with Crippen molar-refractivity contribution in [3.63, 3.8) is 0 Å². The lowest BCUT2D eigenvalue weighted by Crippen LogP contribution is -2.41. The molecule has 0 spiro atoms. The monoisotopic (exact) mass is 341 g/mol. The smallest absolute Gasteiger partial charge is 0.238 e. The topological polar surface area (TPSA) is 53.6 Å².